The molecule has 0 saturated carbocycles. The SMILES string of the molecule is CCN(C)CC(=O)c1cc(C)n(-c2ccc(I)cc2)c1C. The van der Waals surface area contributed by atoms with Gasteiger partial charge in [-0.2, -0.15) is 0 Å². The standard InChI is InChI=1S/C17H21IN2O/c1-5-19(4)11-17(21)16-10-12(2)20(13(16)3)15-8-6-14(18)7-9-15/h6-10H,5,11H2,1-4H3. The van der Waals surface area contributed by atoms with Gasteiger partial charge in [-0.3, -0.25) is 9.69 Å². The molecule has 0 aliphatic heterocycles. The van der Waals surface area contributed by atoms with Crippen molar-refractivity contribution in [1.82, 2.24) is 9.47 Å². The molecular formula is C17H21IN2O. The molecule has 0 unspecified atom stereocenters. The molecule has 2 aromatic rings. The van der Waals surface area contributed by atoms with Crippen LogP contribution in [0.2, 0.25) is 0 Å². The Morgan fingerprint density at radius 1 is 1.24 bits per heavy atom. The Morgan fingerprint density at radius 3 is 2.43 bits per heavy atom. The fraction of sp³-hybridized carbons (Fsp3) is 0.353. The van der Waals surface area contributed by atoms with E-state index in [4.69, 9.17) is 0 Å². The number of nitrogens with zero attached hydrogens (tertiary/aromatic N) is 2. The number of hydrogen-bond donors (Lipinski definition) is 0. The lowest BCUT2D eigenvalue weighted by Crippen LogP contribution is -2.25. The topological polar surface area (TPSA) is 25.2 Å². The molecule has 0 spiro atoms. The maximum atomic E-state index is 12.4. The number of hydrogen-bond acceptors (Lipinski definition) is 2. The van der Waals surface area contributed by atoms with E-state index < -0.39 is 0 Å². The van der Waals surface area contributed by atoms with Gasteiger partial charge in [-0.1, -0.05) is 6.92 Å². The number of ketones is 1. The van der Waals surface area contributed by atoms with Gasteiger partial charge in [-0.25, -0.2) is 0 Å². The summed E-state index contributed by atoms with van der Waals surface area (Å²) in [5.41, 5.74) is 4.04. The molecule has 3 nitrogen and oxygen atoms in total. The molecule has 0 aliphatic rings. The van der Waals surface area contributed by atoms with Gasteiger partial charge in [-0.05, 0) is 80.4 Å². The van der Waals surface area contributed by atoms with E-state index in [1.165, 1.54) is 3.57 Å². The van der Waals surface area contributed by atoms with Gasteiger partial charge in [0.05, 0.1) is 6.54 Å². The highest BCUT2D eigenvalue weighted by atomic mass is 127. The molecule has 0 atom stereocenters. The third-order valence-corrected chi connectivity index (χ3v) is 4.49. The highest BCUT2D eigenvalue weighted by Crippen LogP contribution is 2.22. The van der Waals surface area contributed by atoms with E-state index in [-0.39, 0.29) is 5.78 Å². The minimum absolute atomic E-state index is 0.184. The molecule has 0 amide bonds. The van der Waals surface area contributed by atoms with E-state index >= 15 is 0 Å². The highest BCUT2D eigenvalue weighted by Gasteiger charge is 2.17. The van der Waals surface area contributed by atoms with Crippen LogP contribution >= 0.6 is 22.6 Å². The molecule has 0 aliphatic carbocycles. The van der Waals surface area contributed by atoms with Gasteiger partial charge in [0.25, 0.3) is 0 Å². The van der Waals surface area contributed by atoms with Crippen LogP contribution in [0.25, 0.3) is 5.69 Å². The summed E-state index contributed by atoms with van der Waals surface area (Å²) >= 11 is 2.30. The second-order valence-corrected chi connectivity index (χ2v) is 6.60. The first kappa shape index (κ1) is 16.2. The predicted molar refractivity (Wildman–Crippen MR) is 95.5 cm³/mol. The fourth-order valence-electron chi connectivity index (χ4n) is 2.47. The maximum absolute atomic E-state index is 12.4. The third kappa shape index (κ3) is 3.55. The third-order valence-electron chi connectivity index (χ3n) is 3.77. The van der Waals surface area contributed by atoms with Crippen LogP contribution in [0.5, 0.6) is 0 Å². The average molecular weight is 396 g/mol. The summed E-state index contributed by atoms with van der Waals surface area (Å²) in [6, 6.07) is 10.4. The van der Waals surface area contributed by atoms with Crippen molar-refractivity contribution in [1.29, 1.82) is 0 Å². The lowest BCUT2D eigenvalue weighted by Gasteiger charge is -2.13. The van der Waals surface area contributed by atoms with Crippen molar-refractivity contribution in [3.63, 3.8) is 0 Å². The van der Waals surface area contributed by atoms with Crippen molar-refractivity contribution < 1.29 is 4.79 Å². The second-order valence-electron chi connectivity index (χ2n) is 5.35. The van der Waals surface area contributed by atoms with Crippen LogP contribution in [-0.2, 0) is 0 Å². The van der Waals surface area contributed by atoms with Crippen LogP contribution in [0.4, 0.5) is 0 Å². The van der Waals surface area contributed by atoms with E-state index in [2.05, 4.69) is 58.3 Å². The van der Waals surface area contributed by atoms with Crippen LogP contribution < -0.4 is 0 Å². The zero-order valence-corrected chi connectivity index (χ0v) is 15.1. The molecule has 1 aromatic heterocycles. The van der Waals surface area contributed by atoms with Gasteiger partial charge in [0.15, 0.2) is 5.78 Å². The monoisotopic (exact) mass is 396 g/mol. The second kappa shape index (κ2) is 6.75. The van der Waals surface area contributed by atoms with Crippen molar-refractivity contribution in [2.45, 2.75) is 20.8 Å². The number of likely N-dealkylation sites (N-methyl/N-ethyl adjacent to an activating group) is 1. The Hall–Kier alpha value is -1.14. The summed E-state index contributed by atoms with van der Waals surface area (Å²) in [5.74, 6) is 0.184. The van der Waals surface area contributed by atoms with Gasteiger partial charge in [-0.15, -0.1) is 0 Å². The molecule has 1 aromatic carbocycles. The largest absolute Gasteiger partial charge is 0.318 e. The molecular weight excluding hydrogens is 375 g/mol. The normalized spacial score (nSPS) is 11.1. The minimum atomic E-state index is 0.184. The summed E-state index contributed by atoms with van der Waals surface area (Å²) in [6.07, 6.45) is 0. The van der Waals surface area contributed by atoms with Crippen molar-refractivity contribution in [2.75, 3.05) is 20.1 Å². The van der Waals surface area contributed by atoms with Crippen molar-refractivity contribution in [3.05, 3.63) is 50.9 Å². The number of carbonyl (C=O) groups is 1. The van der Waals surface area contributed by atoms with Crippen molar-refractivity contribution in [3.8, 4) is 5.69 Å². The summed E-state index contributed by atoms with van der Waals surface area (Å²) in [5, 5.41) is 0. The fourth-order valence-corrected chi connectivity index (χ4v) is 2.83. The van der Waals surface area contributed by atoms with E-state index in [0.717, 1.165) is 29.2 Å². The molecule has 0 N–H and O–H groups in total. The van der Waals surface area contributed by atoms with Gasteiger partial charge in [0, 0.05) is 26.2 Å². The Labute approximate surface area is 140 Å². The average Bonchev–Trinajstić information content (AvgIpc) is 2.75. The number of halogens is 1. The van der Waals surface area contributed by atoms with Crippen LogP contribution in [0, 0.1) is 17.4 Å². The Morgan fingerprint density at radius 2 is 1.86 bits per heavy atom. The Kier molecular flexibility index (Phi) is 5.22. The maximum Gasteiger partial charge on any atom is 0.178 e. The van der Waals surface area contributed by atoms with Crippen LogP contribution in [0.1, 0.15) is 28.7 Å². The van der Waals surface area contributed by atoms with Gasteiger partial charge < -0.3 is 4.57 Å². The zero-order chi connectivity index (χ0) is 15.6. The molecule has 1 heterocycles. The first-order valence-electron chi connectivity index (χ1n) is 7.10. The lowest BCUT2D eigenvalue weighted by molar-refractivity contribution is 0.0948. The van der Waals surface area contributed by atoms with Gasteiger partial charge >= 0.3 is 0 Å². The number of Topliss-reactive ketones (excluding diaryl/α,β-unsaturated/α-hetero) is 1. The molecule has 0 saturated heterocycles. The number of aryl methyl sites for hydroxylation is 1. The predicted octanol–water partition coefficient (Wildman–Crippen LogP) is 3.83. The first-order chi connectivity index (χ1) is 9.93. The molecule has 21 heavy (non-hydrogen) atoms. The quantitative estimate of drug-likeness (QED) is 0.567. The number of aromatic nitrogens is 1. The van der Waals surface area contributed by atoms with Crippen LogP contribution in [0.3, 0.4) is 0 Å². The highest BCUT2D eigenvalue weighted by molar-refractivity contribution is 14.1. The van der Waals surface area contributed by atoms with E-state index in [9.17, 15) is 4.79 Å². The molecule has 0 fully saturated rings. The smallest absolute Gasteiger partial charge is 0.178 e. The Balaban J connectivity index is 2.38. The first-order valence-corrected chi connectivity index (χ1v) is 8.18. The molecule has 4 heteroatoms. The van der Waals surface area contributed by atoms with Crippen molar-refractivity contribution in [2.24, 2.45) is 0 Å². The summed E-state index contributed by atoms with van der Waals surface area (Å²) < 4.78 is 3.36. The van der Waals surface area contributed by atoms with Crippen molar-refractivity contribution >= 4 is 28.4 Å². The van der Waals surface area contributed by atoms with Crippen LogP contribution in [0.15, 0.2) is 30.3 Å². The molecule has 112 valence electrons. The summed E-state index contributed by atoms with van der Waals surface area (Å²) in [6.45, 7) is 7.46. The number of benzene rings is 1. The minimum Gasteiger partial charge on any atom is -0.318 e. The number of carbonyl (C=O) groups excluding carboxylic acids is 1. The van der Waals surface area contributed by atoms with Gasteiger partial charge in [0.1, 0.15) is 0 Å². The molecule has 2 rings (SSSR count). The summed E-state index contributed by atoms with van der Waals surface area (Å²) in [7, 11) is 1.97. The van der Waals surface area contributed by atoms with E-state index in [1.807, 2.05) is 31.9 Å². The summed E-state index contributed by atoms with van der Waals surface area (Å²) in [4.78, 5) is 14.5. The van der Waals surface area contributed by atoms with Gasteiger partial charge in [0.2, 0.25) is 0 Å². The lowest BCUT2D eigenvalue weighted by atomic mass is 10.1. The zero-order valence-electron chi connectivity index (χ0n) is 13.0. The Bertz CT molecular complexity index is 644. The number of rotatable bonds is 5. The van der Waals surface area contributed by atoms with Crippen LogP contribution in [-0.4, -0.2) is 35.4 Å². The molecule has 0 bridgehead atoms. The van der Waals surface area contributed by atoms with E-state index in [0.29, 0.717) is 6.54 Å². The molecule has 0 radical (unpaired) electrons. The van der Waals surface area contributed by atoms with E-state index in [1.54, 1.807) is 0 Å².